The Balaban J connectivity index is 2.19. The highest BCUT2D eigenvalue weighted by atomic mass is 127. The number of carbonyl (C=O) groups excluding carboxylic acids is 1. The number of aliphatic hydroxyl groups is 1. The average molecular weight is 396 g/mol. The van der Waals surface area contributed by atoms with E-state index in [1.54, 1.807) is 11.8 Å². The van der Waals surface area contributed by atoms with Crippen LogP contribution in [-0.4, -0.2) is 34.6 Å². The number of amides is 1. The Morgan fingerprint density at radius 1 is 1.56 bits per heavy atom. The Kier molecular flexibility index (Phi) is 3.29. The van der Waals surface area contributed by atoms with Crippen LogP contribution < -0.4 is 0 Å². The van der Waals surface area contributed by atoms with Gasteiger partial charge < -0.3 is 10.0 Å². The highest BCUT2D eigenvalue weighted by Gasteiger charge is 2.40. The Bertz CT molecular complexity index is 440. The summed E-state index contributed by atoms with van der Waals surface area (Å²) in [6.07, 6.45) is 0. The molecule has 0 aromatic heterocycles. The first kappa shape index (κ1) is 12.3. The summed E-state index contributed by atoms with van der Waals surface area (Å²) in [4.78, 5) is 13.7. The minimum Gasteiger partial charge on any atom is -0.386 e. The maximum atomic E-state index is 12.1. The summed E-state index contributed by atoms with van der Waals surface area (Å²) in [6, 6.07) is 5.65. The lowest BCUT2D eigenvalue weighted by Gasteiger charge is -2.44. The van der Waals surface area contributed by atoms with Gasteiger partial charge in [-0.05, 0) is 63.6 Å². The Morgan fingerprint density at radius 2 is 2.19 bits per heavy atom. The van der Waals surface area contributed by atoms with Gasteiger partial charge in [0.1, 0.15) is 0 Å². The van der Waals surface area contributed by atoms with Crippen LogP contribution in [0.3, 0.4) is 0 Å². The zero-order valence-electron chi connectivity index (χ0n) is 8.70. The molecule has 3 nitrogen and oxygen atoms in total. The van der Waals surface area contributed by atoms with Gasteiger partial charge >= 0.3 is 0 Å². The standard InChI is InChI=1S/C11H11BrINO2/c1-11(16)5-14(6-11)10(15)8-4-7(13)2-3-9(8)12/h2-4,16H,5-6H2,1H3. The molecule has 1 saturated heterocycles. The summed E-state index contributed by atoms with van der Waals surface area (Å²) in [7, 11) is 0. The van der Waals surface area contributed by atoms with E-state index in [0.717, 1.165) is 8.04 Å². The third-order valence-corrected chi connectivity index (χ3v) is 3.87. The van der Waals surface area contributed by atoms with E-state index < -0.39 is 5.60 Å². The van der Waals surface area contributed by atoms with E-state index in [1.807, 2.05) is 18.2 Å². The van der Waals surface area contributed by atoms with Crippen LogP contribution in [0, 0.1) is 3.57 Å². The Labute approximate surface area is 116 Å². The second-order valence-electron chi connectivity index (χ2n) is 4.28. The molecule has 1 amide bonds. The molecule has 0 atom stereocenters. The van der Waals surface area contributed by atoms with Crippen molar-refractivity contribution in [2.75, 3.05) is 13.1 Å². The fraction of sp³-hybridized carbons (Fsp3) is 0.364. The van der Waals surface area contributed by atoms with Crippen LogP contribution in [0.15, 0.2) is 22.7 Å². The van der Waals surface area contributed by atoms with E-state index in [-0.39, 0.29) is 5.91 Å². The van der Waals surface area contributed by atoms with Gasteiger partial charge in [-0.1, -0.05) is 0 Å². The van der Waals surface area contributed by atoms with Crippen LogP contribution in [0.2, 0.25) is 0 Å². The second kappa shape index (κ2) is 4.27. The summed E-state index contributed by atoms with van der Waals surface area (Å²) < 4.78 is 1.82. The Morgan fingerprint density at radius 3 is 2.75 bits per heavy atom. The van der Waals surface area contributed by atoms with Gasteiger partial charge in [-0.25, -0.2) is 0 Å². The molecule has 0 bridgehead atoms. The van der Waals surface area contributed by atoms with Gasteiger partial charge in [0.25, 0.3) is 5.91 Å². The molecule has 1 aromatic carbocycles. The minimum absolute atomic E-state index is 0.0306. The third-order valence-electron chi connectivity index (χ3n) is 2.51. The maximum Gasteiger partial charge on any atom is 0.255 e. The van der Waals surface area contributed by atoms with Crippen LogP contribution in [0.25, 0.3) is 0 Å². The lowest BCUT2D eigenvalue weighted by molar-refractivity contribution is -0.0669. The molecule has 0 radical (unpaired) electrons. The molecular formula is C11H11BrINO2. The predicted molar refractivity (Wildman–Crippen MR) is 73.4 cm³/mol. The highest BCUT2D eigenvalue weighted by Crippen LogP contribution is 2.26. The van der Waals surface area contributed by atoms with Crippen LogP contribution in [-0.2, 0) is 0 Å². The summed E-state index contributed by atoms with van der Waals surface area (Å²) in [5, 5.41) is 9.60. The van der Waals surface area contributed by atoms with Gasteiger partial charge in [-0.2, -0.15) is 0 Å². The van der Waals surface area contributed by atoms with E-state index >= 15 is 0 Å². The minimum atomic E-state index is -0.718. The molecule has 0 unspecified atom stereocenters. The van der Waals surface area contributed by atoms with Crippen LogP contribution in [0.5, 0.6) is 0 Å². The van der Waals surface area contributed by atoms with Crippen LogP contribution >= 0.6 is 38.5 Å². The lowest BCUT2D eigenvalue weighted by atomic mass is 9.96. The number of halogens is 2. The van der Waals surface area contributed by atoms with Gasteiger partial charge in [-0.15, -0.1) is 0 Å². The predicted octanol–water partition coefficient (Wildman–Crippen LogP) is 2.26. The number of rotatable bonds is 1. The van der Waals surface area contributed by atoms with Gasteiger partial charge in [-0.3, -0.25) is 4.79 Å². The fourth-order valence-electron chi connectivity index (χ4n) is 1.75. The molecule has 16 heavy (non-hydrogen) atoms. The smallest absolute Gasteiger partial charge is 0.255 e. The van der Waals surface area contributed by atoms with Crippen LogP contribution in [0.1, 0.15) is 17.3 Å². The molecule has 0 spiro atoms. The van der Waals surface area contributed by atoms with Crippen molar-refractivity contribution in [3.63, 3.8) is 0 Å². The quantitative estimate of drug-likeness (QED) is 0.741. The molecule has 1 fully saturated rings. The summed E-state index contributed by atoms with van der Waals surface area (Å²) >= 11 is 5.54. The van der Waals surface area contributed by atoms with E-state index in [1.165, 1.54) is 0 Å². The molecule has 1 aliphatic heterocycles. The number of hydrogen-bond acceptors (Lipinski definition) is 2. The molecule has 0 saturated carbocycles. The van der Waals surface area contributed by atoms with E-state index in [4.69, 9.17) is 0 Å². The Hall–Kier alpha value is -0.140. The highest BCUT2D eigenvalue weighted by molar-refractivity contribution is 14.1. The van der Waals surface area contributed by atoms with Crippen molar-refractivity contribution in [1.29, 1.82) is 0 Å². The lowest BCUT2D eigenvalue weighted by Crippen LogP contribution is -2.61. The largest absolute Gasteiger partial charge is 0.386 e. The van der Waals surface area contributed by atoms with Gasteiger partial charge in [0, 0.05) is 8.04 Å². The van der Waals surface area contributed by atoms with Crippen molar-refractivity contribution in [3.8, 4) is 0 Å². The molecule has 1 aromatic rings. The number of β-amino-alcohol motifs (C(OH)–C–C–N with tert-alkyl or cyclic N) is 1. The van der Waals surface area contributed by atoms with Crippen molar-refractivity contribution in [2.24, 2.45) is 0 Å². The van der Waals surface area contributed by atoms with Gasteiger partial charge in [0.05, 0.1) is 24.3 Å². The second-order valence-corrected chi connectivity index (χ2v) is 6.38. The van der Waals surface area contributed by atoms with E-state index in [9.17, 15) is 9.90 Å². The van der Waals surface area contributed by atoms with Crippen molar-refractivity contribution in [1.82, 2.24) is 4.90 Å². The molecule has 1 N–H and O–H groups in total. The first-order chi connectivity index (χ1) is 7.39. The molecule has 86 valence electrons. The normalized spacial score (nSPS) is 18.1. The van der Waals surface area contributed by atoms with Crippen molar-refractivity contribution in [3.05, 3.63) is 31.8 Å². The zero-order chi connectivity index (χ0) is 11.9. The summed E-state index contributed by atoms with van der Waals surface area (Å²) in [6.45, 7) is 2.55. The topological polar surface area (TPSA) is 40.5 Å². The SMILES string of the molecule is CC1(O)CN(C(=O)c2cc(I)ccc2Br)C1. The van der Waals surface area contributed by atoms with Gasteiger partial charge in [0.15, 0.2) is 0 Å². The van der Waals surface area contributed by atoms with E-state index in [0.29, 0.717) is 18.7 Å². The first-order valence-electron chi connectivity index (χ1n) is 4.86. The number of nitrogens with zero attached hydrogens (tertiary/aromatic N) is 1. The number of hydrogen-bond donors (Lipinski definition) is 1. The fourth-order valence-corrected chi connectivity index (χ4v) is 2.66. The van der Waals surface area contributed by atoms with E-state index in [2.05, 4.69) is 38.5 Å². The number of carbonyl (C=O) groups is 1. The van der Waals surface area contributed by atoms with Crippen molar-refractivity contribution >= 4 is 44.4 Å². The molecule has 1 aliphatic rings. The van der Waals surface area contributed by atoms with Crippen molar-refractivity contribution in [2.45, 2.75) is 12.5 Å². The summed E-state index contributed by atoms with van der Waals surface area (Å²) in [5.41, 5.74) is -0.0632. The van der Waals surface area contributed by atoms with Gasteiger partial charge in [0.2, 0.25) is 0 Å². The zero-order valence-corrected chi connectivity index (χ0v) is 12.4. The molecule has 0 aliphatic carbocycles. The average Bonchev–Trinajstić information content (AvgIpc) is 2.17. The molecule has 1 heterocycles. The first-order valence-corrected chi connectivity index (χ1v) is 6.73. The summed E-state index contributed by atoms with van der Waals surface area (Å²) in [5.74, 6) is -0.0306. The monoisotopic (exact) mass is 395 g/mol. The van der Waals surface area contributed by atoms with Crippen molar-refractivity contribution < 1.29 is 9.90 Å². The number of benzene rings is 1. The molecular weight excluding hydrogens is 385 g/mol. The third kappa shape index (κ3) is 2.41. The number of likely N-dealkylation sites (tertiary alicyclic amines) is 1. The van der Waals surface area contributed by atoms with Crippen LogP contribution in [0.4, 0.5) is 0 Å². The molecule has 2 rings (SSSR count). The molecule has 5 heteroatoms. The maximum absolute atomic E-state index is 12.1.